The van der Waals surface area contributed by atoms with E-state index < -0.39 is 0 Å². The third kappa shape index (κ3) is 24.9. The molecule has 0 bridgehead atoms. The van der Waals surface area contributed by atoms with Gasteiger partial charge in [-0.3, -0.25) is 0 Å². The Balaban J connectivity index is 0. The molecule has 0 aliphatic heterocycles. The van der Waals surface area contributed by atoms with Gasteiger partial charge in [-0.25, -0.2) is 0 Å². The molecule has 0 aliphatic carbocycles. The molecule has 0 rings (SSSR count). The average molecular weight is 194 g/mol. The van der Waals surface area contributed by atoms with Crippen molar-refractivity contribution >= 4 is 21.6 Å². The predicted octanol–water partition coefficient (Wildman–Crippen LogP) is 4.60. The fourth-order valence-electron chi connectivity index (χ4n) is 0.677. The maximum absolute atomic E-state index is 2.25. The van der Waals surface area contributed by atoms with Gasteiger partial charge in [0.25, 0.3) is 0 Å². The van der Waals surface area contributed by atoms with E-state index in [1.165, 1.54) is 32.1 Å². The molecule has 0 saturated heterocycles. The smallest absolute Gasteiger partial charge is 0.00793 e. The summed E-state index contributed by atoms with van der Waals surface area (Å²) in [6.07, 6.45) is 11.1. The van der Waals surface area contributed by atoms with Crippen LogP contribution >= 0.6 is 21.6 Å². The summed E-state index contributed by atoms with van der Waals surface area (Å²) in [5.74, 6) is 0. The first-order chi connectivity index (χ1) is 5.33. The van der Waals surface area contributed by atoms with Crippen molar-refractivity contribution in [2.24, 2.45) is 0 Å². The van der Waals surface area contributed by atoms with Gasteiger partial charge in [-0.1, -0.05) is 67.5 Å². The maximum atomic E-state index is 2.25. The van der Waals surface area contributed by atoms with Crippen molar-refractivity contribution in [3.05, 3.63) is 0 Å². The molecule has 0 aliphatic rings. The standard InChI is InChI=1S/C7H16.C2H6S2/c1-3-5-7-6-4-2;1-3-4-2/h3-7H2,1-2H3;1-2H3. The zero-order valence-corrected chi connectivity index (χ0v) is 9.99. The van der Waals surface area contributed by atoms with E-state index in [0.29, 0.717) is 0 Å². The van der Waals surface area contributed by atoms with Crippen LogP contribution in [0.5, 0.6) is 0 Å². The van der Waals surface area contributed by atoms with Crippen molar-refractivity contribution in [2.75, 3.05) is 12.5 Å². The number of rotatable bonds is 5. The monoisotopic (exact) mass is 194 g/mol. The minimum atomic E-state index is 1.36. The second kappa shape index (κ2) is 17.0. The minimum Gasteiger partial charge on any atom is -0.0979 e. The van der Waals surface area contributed by atoms with Crippen molar-refractivity contribution < 1.29 is 0 Å². The van der Waals surface area contributed by atoms with Crippen LogP contribution in [0.15, 0.2) is 0 Å². The summed E-state index contributed by atoms with van der Waals surface area (Å²) < 4.78 is 0. The molecule has 0 spiro atoms. The van der Waals surface area contributed by atoms with Gasteiger partial charge in [0.15, 0.2) is 0 Å². The quantitative estimate of drug-likeness (QED) is 0.463. The molecule has 0 radical (unpaired) electrons. The lowest BCUT2D eigenvalue weighted by molar-refractivity contribution is 0.656. The van der Waals surface area contributed by atoms with Gasteiger partial charge in [-0.05, 0) is 12.5 Å². The topological polar surface area (TPSA) is 0 Å². The molecule has 0 amide bonds. The Labute approximate surface area is 80.3 Å². The van der Waals surface area contributed by atoms with Gasteiger partial charge in [0, 0.05) is 0 Å². The summed E-state index contributed by atoms with van der Waals surface area (Å²) >= 11 is 0. The first kappa shape index (κ1) is 14.2. The minimum absolute atomic E-state index is 1.36. The van der Waals surface area contributed by atoms with E-state index in [4.69, 9.17) is 0 Å². The van der Waals surface area contributed by atoms with Gasteiger partial charge in [-0.2, -0.15) is 0 Å². The molecule has 0 saturated carbocycles. The number of unbranched alkanes of at least 4 members (excludes halogenated alkanes) is 4. The van der Waals surface area contributed by atoms with Crippen molar-refractivity contribution in [2.45, 2.75) is 46.0 Å². The molecule has 0 nitrogen and oxygen atoms in total. The highest BCUT2D eigenvalue weighted by Gasteiger charge is 1.80. The van der Waals surface area contributed by atoms with Gasteiger partial charge in [0.1, 0.15) is 0 Å². The lowest BCUT2D eigenvalue weighted by atomic mass is 10.2. The normalized spacial score (nSPS) is 8.73. The molecule has 0 aromatic carbocycles. The number of hydrogen-bond donors (Lipinski definition) is 0. The second-order valence-corrected chi connectivity index (χ2v) is 5.06. The van der Waals surface area contributed by atoms with Crippen molar-refractivity contribution in [1.29, 1.82) is 0 Å². The van der Waals surface area contributed by atoms with Crippen LogP contribution in [0.3, 0.4) is 0 Å². The van der Waals surface area contributed by atoms with E-state index in [0.717, 1.165) is 0 Å². The third-order valence-corrected chi connectivity index (χ3v) is 2.71. The van der Waals surface area contributed by atoms with E-state index in [2.05, 4.69) is 26.4 Å². The first-order valence-electron chi connectivity index (χ1n) is 4.40. The highest BCUT2D eigenvalue weighted by molar-refractivity contribution is 8.76. The predicted molar refractivity (Wildman–Crippen MR) is 61.5 cm³/mol. The lowest BCUT2D eigenvalue weighted by Crippen LogP contribution is -1.70. The summed E-state index contributed by atoms with van der Waals surface area (Å²) in [7, 11) is 3.55. The maximum Gasteiger partial charge on any atom is -0.00793 e. The molecule has 11 heavy (non-hydrogen) atoms. The van der Waals surface area contributed by atoms with Gasteiger partial charge >= 0.3 is 0 Å². The summed E-state index contributed by atoms with van der Waals surface area (Å²) in [4.78, 5) is 0. The summed E-state index contributed by atoms with van der Waals surface area (Å²) in [6, 6.07) is 0. The Bertz CT molecular complexity index is 40.8. The molecule has 0 aromatic rings. The molecule has 0 atom stereocenters. The molecule has 0 N–H and O–H groups in total. The molecule has 2 heteroatoms. The Morgan fingerprint density at radius 1 is 0.727 bits per heavy atom. The molecule has 0 heterocycles. The van der Waals surface area contributed by atoms with Crippen LogP contribution in [-0.4, -0.2) is 12.5 Å². The Morgan fingerprint density at radius 3 is 1.27 bits per heavy atom. The van der Waals surface area contributed by atoms with Crippen molar-refractivity contribution in [1.82, 2.24) is 0 Å². The second-order valence-electron chi connectivity index (χ2n) is 2.39. The van der Waals surface area contributed by atoms with Gasteiger partial charge in [0.05, 0.1) is 0 Å². The molecular weight excluding hydrogens is 172 g/mol. The largest absolute Gasteiger partial charge is 0.0979 e. The Morgan fingerprint density at radius 2 is 1.09 bits per heavy atom. The lowest BCUT2D eigenvalue weighted by Gasteiger charge is -1.90. The van der Waals surface area contributed by atoms with Crippen LogP contribution < -0.4 is 0 Å². The van der Waals surface area contributed by atoms with E-state index in [1.807, 2.05) is 0 Å². The fraction of sp³-hybridized carbons (Fsp3) is 1.00. The van der Waals surface area contributed by atoms with Crippen LogP contribution in [-0.2, 0) is 0 Å². The summed E-state index contributed by atoms with van der Waals surface area (Å²) in [6.45, 7) is 4.49. The highest BCUT2D eigenvalue weighted by atomic mass is 33.1. The van der Waals surface area contributed by atoms with E-state index >= 15 is 0 Å². The van der Waals surface area contributed by atoms with E-state index in [-0.39, 0.29) is 0 Å². The number of hydrogen-bond acceptors (Lipinski definition) is 2. The van der Waals surface area contributed by atoms with Crippen LogP contribution in [0.1, 0.15) is 46.0 Å². The van der Waals surface area contributed by atoms with Gasteiger partial charge in [0.2, 0.25) is 0 Å². The summed E-state index contributed by atoms with van der Waals surface area (Å²) in [5.41, 5.74) is 0. The molecule has 0 fully saturated rings. The fourth-order valence-corrected chi connectivity index (χ4v) is 0.677. The van der Waals surface area contributed by atoms with Gasteiger partial charge < -0.3 is 0 Å². The zero-order valence-electron chi connectivity index (χ0n) is 8.35. The summed E-state index contributed by atoms with van der Waals surface area (Å²) in [5, 5.41) is 0. The molecule has 0 aromatic heterocycles. The zero-order chi connectivity index (χ0) is 8.95. The SMILES string of the molecule is CCCCCCC.CSSC. The van der Waals surface area contributed by atoms with Crippen LogP contribution in [0.25, 0.3) is 0 Å². The van der Waals surface area contributed by atoms with Crippen molar-refractivity contribution in [3.63, 3.8) is 0 Å². The third-order valence-electron chi connectivity index (χ3n) is 1.37. The Hall–Kier alpha value is 0.700. The average Bonchev–Trinajstić information content (AvgIpc) is 2.06. The van der Waals surface area contributed by atoms with Crippen LogP contribution in [0.2, 0.25) is 0 Å². The van der Waals surface area contributed by atoms with Crippen LogP contribution in [0, 0.1) is 0 Å². The van der Waals surface area contributed by atoms with Crippen molar-refractivity contribution in [3.8, 4) is 0 Å². The van der Waals surface area contributed by atoms with Crippen LogP contribution in [0.4, 0.5) is 0 Å². The van der Waals surface area contributed by atoms with E-state index in [9.17, 15) is 0 Å². The Kier molecular flexibility index (Phi) is 22.0. The highest BCUT2D eigenvalue weighted by Crippen LogP contribution is 2.09. The molecular formula is C9H22S2. The van der Waals surface area contributed by atoms with Gasteiger partial charge in [-0.15, -0.1) is 0 Å². The molecule has 70 valence electrons. The molecule has 0 unspecified atom stereocenters. The van der Waals surface area contributed by atoms with E-state index in [1.54, 1.807) is 21.6 Å². The first-order valence-corrected chi connectivity index (χ1v) is 7.36.